The Bertz CT molecular complexity index is 207. The van der Waals surface area contributed by atoms with Gasteiger partial charge >= 0.3 is 0 Å². The second kappa shape index (κ2) is 1.92. The summed E-state index contributed by atoms with van der Waals surface area (Å²) in [6.45, 7) is 3.63. The first-order chi connectivity index (χ1) is 4.13. The third-order valence-corrected chi connectivity index (χ3v) is 1.68. The smallest absolute Gasteiger partial charge is 0.251 e. The highest BCUT2D eigenvalue weighted by molar-refractivity contribution is 7.84. The molecule has 0 aliphatic carbocycles. The molecule has 0 aromatic heterocycles. The SMILES string of the molecule is C=C1C(S)=CC(=O)N1C. The zero-order chi connectivity index (χ0) is 7.02. The minimum atomic E-state index is -0.0509. The van der Waals surface area contributed by atoms with Gasteiger partial charge in [-0.25, -0.2) is 0 Å². The fourth-order valence-corrected chi connectivity index (χ4v) is 0.862. The molecule has 2 nitrogen and oxygen atoms in total. The maximum atomic E-state index is 10.7. The third kappa shape index (κ3) is 0.876. The molecule has 0 unspecified atom stereocenters. The second-order valence-corrected chi connectivity index (χ2v) is 2.36. The quantitative estimate of drug-likeness (QED) is 0.494. The van der Waals surface area contributed by atoms with E-state index in [1.807, 2.05) is 0 Å². The number of carbonyl (C=O) groups excluding carboxylic acids is 1. The molecule has 0 spiro atoms. The Kier molecular flexibility index (Phi) is 1.37. The molecule has 0 atom stereocenters. The lowest BCUT2D eigenvalue weighted by Gasteiger charge is -2.08. The zero-order valence-corrected chi connectivity index (χ0v) is 5.98. The predicted octanol–water partition coefficient (Wildman–Crippen LogP) is 0.786. The molecule has 0 bridgehead atoms. The molecule has 1 aliphatic heterocycles. The lowest BCUT2D eigenvalue weighted by molar-refractivity contribution is -0.122. The maximum absolute atomic E-state index is 10.7. The monoisotopic (exact) mass is 141 g/mol. The Labute approximate surface area is 59.3 Å². The molecule has 1 heterocycles. The van der Waals surface area contributed by atoms with Crippen molar-refractivity contribution in [3.63, 3.8) is 0 Å². The van der Waals surface area contributed by atoms with Gasteiger partial charge < -0.3 is 4.90 Å². The minimum Gasteiger partial charge on any atom is -0.311 e. The molecule has 1 aliphatic rings. The summed E-state index contributed by atoms with van der Waals surface area (Å²) in [5, 5.41) is 0. The molecule has 3 heteroatoms. The van der Waals surface area contributed by atoms with Crippen LogP contribution in [-0.4, -0.2) is 17.9 Å². The van der Waals surface area contributed by atoms with Crippen molar-refractivity contribution < 1.29 is 4.79 Å². The van der Waals surface area contributed by atoms with Crippen LogP contribution in [0.1, 0.15) is 0 Å². The highest BCUT2D eigenvalue weighted by Gasteiger charge is 2.18. The van der Waals surface area contributed by atoms with Crippen LogP contribution < -0.4 is 0 Å². The standard InChI is InChI=1S/C6H7NOS/c1-4-5(9)3-6(8)7(4)2/h3,9H,1H2,2H3. The van der Waals surface area contributed by atoms with Crippen molar-refractivity contribution in [1.29, 1.82) is 0 Å². The molecule has 9 heavy (non-hydrogen) atoms. The minimum absolute atomic E-state index is 0.0509. The number of amides is 1. The fraction of sp³-hybridized carbons (Fsp3) is 0.167. The van der Waals surface area contributed by atoms with Gasteiger partial charge in [0, 0.05) is 23.7 Å². The van der Waals surface area contributed by atoms with Crippen LogP contribution in [-0.2, 0) is 4.79 Å². The highest BCUT2D eigenvalue weighted by atomic mass is 32.1. The molecule has 0 aromatic carbocycles. The van der Waals surface area contributed by atoms with Crippen LogP contribution in [0.15, 0.2) is 23.3 Å². The summed E-state index contributed by atoms with van der Waals surface area (Å²) in [7, 11) is 1.67. The van der Waals surface area contributed by atoms with Crippen molar-refractivity contribution in [2.24, 2.45) is 0 Å². The summed E-state index contributed by atoms with van der Waals surface area (Å²) in [5.41, 5.74) is 0.670. The molecule has 0 radical (unpaired) electrons. The third-order valence-electron chi connectivity index (χ3n) is 1.29. The topological polar surface area (TPSA) is 20.3 Å². The summed E-state index contributed by atoms with van der Waals surface area (Å²) in [5.74, 6) is -0.0509. The Balaban J connectivity index is 2.95. The average Bonchev–Trinajstić information content (AvgIpc) is 1.98. The summed E-state index contributed by atoms with van der Waals surface area (Å²) < 4.78 is 0. The molecule has 0 aromatic rings. The van der Waals surface area contributed by atoms with Crippen molar-refractivity contribution in [1.82, 2.24) is 4.90 Å². The van der Waals surface area contributed by atoms with E-state index in [-0.39, 0.29) is 5.91 Å². The first kappa shape index (κ1) is 6.42. The fourth-order valence-electron chi connectivity index (χ4n) is 0.602. The molecule has 48 valence electrons. The predicted molar refractivity (Wildman–Crippen MR) is 39.0 cm³/mol. The van der Waals surface area contributed by atoms with Gasteiger partial charge in [-0.15, -0.1) is 12.6 Å². The van der Waals surface area contributed by atoms with Crippen molar-refractivity contribution in [3.8, 4) is 0 Å². The lowest BCUT2D eigenvalue weighted by Crippen LogP contribution is -2.17. The van der Waals surface area contributed by atoms with Crippen molar-refractivity contribution in [2.75, 3.05) is 7.05 Å². The van der Waals surface area contributed by atoms with E-state index in [1.54, 1.807) is 7.05 Å². The van der Waals surface area contributed by atoms with Gasteiger partial charge in [0.05, 0.1) is 0 Å². The Hall–Kier alpha value is -0.700. The zero-order valence-electron chi connectivity index (χ0n) is 5.09. The lowest BCUT2D eigenvalue weighted by atomic mass is 10.5. The van der Waals surface area contributed by atoms with Gasteiger partial charge in [0.2, 0.25) is 0 Å². The molecule has 0 saturated heterocycles. The summed E-state index contributed by atoms with van der Waals surface area (Å²) >= 11 is 4.01. The van der Waals surface area contributed by atoms with E-state index in [1.165, 1.54) is 11.0 Å². The molecule has 1 amide bonds. The average molecular weight is 141 g/mol. The molecule has 0 fully saturated rings. The first-order valence-electron chi connectivity index (χ1n) is 2.50. The second-order valence-electron chi connectivity index (χ2n) is 1.87. The molecular weight excluding hydrogens is 134 g/mol. The van der Waals surface area contributed by atoms with Crippen LogP contribution in [0, 0.1) is 0 Å². The molecule has 0 N–H and O–H groups in total. The van der Waals surface area contributed by atoms with Crippen LogP contribution in [0.2, 0.25) is 0 Å². The maximum Gasteiger partial charge on any atom is 0.251 e. The van der Waals surface area contributed by atoms with E-state index in [0.29, 0.717) is 10.6 Å². The number of hydrogen-bond acceptors (Lipinski definition) is 2. The normalized spacial score (nSPS) is 18.9. The van der Waals surface area contributed by atoms with Gasteiger partial charge in [0.25, 0.3) is 5.91 Å². The number of thiol groups is 1. The van der Waals surface area contributed by atoms with Gasteiger partial charge in [-0.2, -0.15) is 0 Å². The molecule has 0 saturated carbocycles. The van der Waals surface area contributed by atoms with Gasteiger partial charge in [-0.05, 0) is 0 Å². The van der Waals surface area contributed by atoms with Crippen LogP contribution >= 0.6 is 12.6 Å². The van der Waals surface area contributed by atoms with Crippen molar-refractivity contribution in [2.45, 2.75) is 0 Å². The number of likely N-dealkylation sites (N-methyl/N-ethyl adjacent to an activating group) is 1. The number of nitrogens with zero attached hydrogens (tertiary/aromatic N) is 1. The number of carbonyl (C=O) groups is 1. The van der Waals surface area contributed by atoms with Gasteiger partial charge in [-0.3, -0.25) is 4.79 Å². The van der Waals surface area contributed by atoms with Crippen LogP contribution in [0.25, 0.3) is 0 Å². The van der Waals surface area contributed by atoms with Crippen LogP contribution in [0.5, 0.6) is 0 Å². The van der Waals surface area contributed by atoms with E-state index in [0.717, 1.165) is 0 Å². The largest absolute Gasteiger partial charge is 0.311 e. The van der Waals surface area contributed by atoms with Crippen molar-refractivity contribution >= 4 is 18.5 Å². The van der Waals surface area contributed by atoms with Crippen LogP contribution in [0.4, 0.5) is 0 Å². The van der Waals surface area contributed by atoms with Gasteiger partial charge in [-0.1, -0.05) is 6.58 Å². The Morgan fingerprint density at radius 1 is 1.78 bits per heavy atom. The summed E-state index contributed by atoms with van der Waals surface area (Å²) in [4.78, 5) is 12.9. The Morgan fingerprint density at radius 3 is 2.44 bits per heavy atom. The van der Waals surface area contributed by atoms with Gasteiger partial charge in [0.15, 0.2) is 0 Å². The Morgan fingerprint density at radius 2 is 2.33 bits per heavy atom. The summed E-state index contributed by atoms with van der Waals surface area (Å²) in [6, 6.07) is 0. The number of rotatable bonds is 0. The van der Waals surface area contributed by atoms with E-state index >= 15 is 0 Å². The highest BCUT2D eigenvalue weighted by Crippen LogP contribution is 2.21. The van der Waals surface area contributed by atoms with E-state index in [4.69, 9.17) is 0 Å². The van der Waals surface area contributed by atoms with Crippen LogP contribution in [0.3, 0.4) is 0 Å². The first-order valence-corrected chi connectivity index (χ1v) is 2.95. The molecule has 1 rings (SSSR count). The van der Waals surface area contributed by atoms with E-state index in [9.17, 15) is 4.79 Å². The summed E-state index contributed by atoms with van der Waals surface area (Å²) in [6.07, 6.45) is 1.45. The van der Waals surface area contributed by atoms with Gasteiger partial charge in [0.1, 0.15) is 0 Å². The van der Waals surface area contributed by atoms with Crippen molar-refractivity contribution in [3.05, 3.63) is 23.3 Å². The number of hydrogen-bond donors (Lipinski definition) is 1. The van der Waals surface area contributed by atoms with E-state index in [2.05, 4.69) is 19.2 Å². The molecular formula is C6H7NOS. The van der Waals surface area contributed by atoms with E-state index < -0.39 is 0 Å².